The molecule has 0 aliphatic carbocycles. The first-order valence-corrected chi connectivity index (χ1v) is 7.28. The fraction of sp³-hybridized carbons (Fsp3) is 0.714. The minimum Gasteiger partial charge on any atom is -0.367 e. The first-order valence-electron chi connectivity index (χ1n) is 6.90. The van der Waals surface area contributed by atoms with E-state index in [4.69, 9.17) is 11.6 Å². The number of nitrogens with one attached hydrogen (secondary N) is 1. The Bertz CT molecular complexity index is 364. The number of aryl methyl sites for hydroxylation is 1. The maximum atomic E-state index is 6.03. The van der Waals surface area contributed by atoms with Gasteiger partial charge < -0.3 is 5.32 Å². The molecule has 0 spiro atoms. The maximum Gasteiger partial charge on any atom is 0.134 e. The van der Waals surface area contributed by atoms with Gasteiger partial charge in [-0.25, -0.2) is 9.97 Å². The molecule has 18 heavy (non-hydrogen) atoms. The van der Waals surface area contributed by atoms with Crippen molar-refractivity contribution < 1.29 is 0 Å². The van der Waals surface area contributed by atoms with Crippen LogP contribution in [0.3, 0.4) is 0 Å². The minimum atomic E-state index is 0.403. The molecule has 0 fully saturated rings. The summed E-state index contributed by atoms with van der Waals surface area (Å²) in [6, 6.07) is 2.21. The van der Waals surface area contributed by atoms with Crippen LogP contribution in [0, 0.1) is 5.92 Å². The van der Waals surface area contributed by atoms with Crippen LogP contribution in [0.1, 0.15) is 52.8 Å². The van der Waals surface area contributed by atoms with Crippen molar-refractivity contribution >= 4 is 17.4 Å². The Balaban J connectivity index is 2.77. The highest BCUT2D eigenvalue weighted by atomic mass is 35.5. The molecule has 4 heteroatoms. The molecule has 0 amide bonds. The molecule has 1 atom stereocenters. The number of halogens is 1. The number of rotatable bonds is 7. The van der Waals surface area contributed by atoms with Crippen LogP contribution in [0.15, 0.2) is 6.07 Å². The molecule has 0 saturated heterocycles. The molecule has 0 saturated carbocycles. The highest BCUT2D eigenvalue weighted by Gasteiger charge is 2.14. The van der Waals surface area contributed by atoms with Gasteiger partial charge in [0.05, 0.1) is 0 Å². The second kappa shape index (κ2) is 7.57. The molecular weight excluding hydrogens is 246 g/mol. The van der Waals surface area contributed by atoms with Gasteiger partial charge in [-0.05, 0) is 19.3 Å². The van der Waals surface area contributed by atoms with Crippen molar-refractivity contribution in [2.45, 2.75) is 59.4 Å². The van der Waals surface area contributed by atoms with Crippen molar-refractivity contribution in [2.24, 2.45) is 5.92 Å². The van der Waals surface area contributed by atoms with E-state index >= 15 is 0 Å². The first kappa shape index (κ1) is 15.2. The van der Waals surface area contributed by atoms with Crippen LogP contribution >= 0.6 is 11.6 Å². The summed E-state index contributed by atoms with van der Waals surface area (Å²) in [4.78, 5) is 8.74. The number of anilines is 1. The second-order valence-electron chi connectivity index (χ2n) is 4.75. The first-order chi connectivity index (χ1) is 8.60. The summed E-state index contributed by atoms with van der Waals surface area (Å²) in [5.41, 5.74) is 0. The fourth-order valence-electron chi connectivity index (χ4n) is 2.22. The topological polar surface area (TPSA) is 37.8 Å². The average Bonchev–Trinajstić information content (AvgIpc) is 2.30. The van der Waals surface area contributed by atoms with Crippen molar-refractivity contribution in [1.82, 2.24) is 9.97 Å². The number of hydrogen-bond acceptors (Lipinski definition) is 3. The van der Waals surface area contributed by atoms with Crippen LogP contribution in [0.25, 0.3) is 0 Å². The van der Waals surface area contributed by atoms with Gasteiger partial charge >= 0.3 is 0 Å². The van der Waals surface area contributed by atoms with Gasteiger partial charge in [-0.1, -0.05) is 45.2 Å². The molecule has 0 aromatic carbocycles. The van der Waals surface area contributed by atoms with Gasteiger partial charge in [0.15, 0.2) is 0 Å². The third kappa shape index (κ3) is 4.45. The lowest BCUT2D eigenvalue weighted by Gasteiger charge is -2.23. The summed E-state index contributed by atoms with van der Waals surface area (Å²) >= 11 is 6.03. The van der Waals surface area contributed by atoms with Gasteiger partial charge in [0.1, 0.15) is 16.8 Å². The van der Waals surface area contributed by atoms with Crippen molar-refractivity contribution in [3.63, 3.8) is 0 Å². The Morgan fingerprint density at radius 2 is 1.89 bits per heavy atom. The Morgan fingerprint density at radius 3 is 2.44 bits per heavy atom. The number of aromatic nitrogens is 2. The van der Waals surface area contributed by atoms with Gasteiger partial charge in [-0.15, -0.1) is 0 Å². The summed E-state index contributed by atoms with van der Waals surface area (Å²) in [5.74, 6) is 2.33. The molecule has 102 valence electrons. The number of nitrogens with zero attached hydrogens (tertiary/aromatic N) is 2. The highest BCUT2D eigenvalue weighted by Crippen LogP contribution is 2.19. The lowest BCUT2D eigenvalue weighted by Crippen LogP contribution is -2.25. The average molecular weight is 270 g/mol. The van der Waals surface area contributed by atoms with E-state index in [2.05, 4.69) is 43.0 Å². The zero-order valence-electron chi connectivity index (χ0n) is 11.8. The molecule has 1 rings (SSSR count). The third-order valence-electron chi connectivity index (χ3n) is 3.35. The molecule has 0 aliphatic rings. The van der Waals surface area contributed by atoms with Gasteiger partial charge in [-0.3, -0.25) is 0 Å². The predicted molar refractivity (Wildman–Crippen MR) is 78.2 cm³/mol. The molecule has 1 aromatic heterocycles. The molecule has 1 N–H and O–H groups in total. The molecule has 1 heterocycles. The summed E-state index contributed by atoms with van der Waals surface area (Å²) in [5, 5.41) is 3.97. The van der Waals surface area contributed by atoms with E-state index in [1.165, 1.54) is 12.8 Å². The van der Waals surface area contributed by atoms with E-state index in [0.717, 1.165) is 24.5 Å². The molecule has 1 unspecified atom stereocenters. The molecule has 3 nitrogen and oxygen atoms in total. The predicted octanol–water partition coefficient (Wildman–Crippen LogP) is 4.32. The van der Waals surface area contributed by atoms with Gasteiger partial charge in [0, 0.05) is 18.5 Å². The molecule has 0 aliphatic heterocycles. The summed E-state index contributed by atoms with van der Waals surface area (Å²) in [6.45, 7) is 8.76. The largest absolute Gasteiger partial charge is 0.367 e. The Labute approximate surface area is 115 Å². The van der Waals surface area contributed by atoms with E-state index in [1.807, 2.05) is 0 Å². The standard InChI is InChI=1S/C14H24ClN3/c1-5-8-13-17-12(15)9-14(18-13)16-10(4)11(6-2)7-3/h9-11H,5-8H2,1-4H3,(H,16,17,18). The molecule has 1 aromatic rings. The molecular formula is C14H24ClN3. The van der Waals surface area contributed by atoms with Crippen molar-refractivity contribution in [3.8, 4) is 0 Å². The zero-order valence-corrected chi connectivity index (χ0v) is 12.6. The van der Waals surface area contributed by atoms with Crippen molar-refractivity contribution in [3.05, 3.63) is 17.0 Å². The van der Waals surface area contributed by atoms with E-state index < -0.39 is 0 Å². The monoisotopic (exact) mass is 269 g/mol. The van der Waals surface area contributed by atoms with E-state index in [-0.39, 0.29) is 0 Å². The fourth-order valence-corrected chi connectivity index (χ4v) is 2.42. The SMILES string of the molecule is CCCc1nc(Cl)cc(NC(C)C(CC)CC)n1. The lowest BCUT2D eigenvalue weighted by atomic mass is 9.95. The van der Waals surface area contributed by atoms with Crippen LogP contribution in [0.2, 0.25) is 5.15 Å². The van der Waals surface area contributed by atoms with E-state index in [0.29, 0.717) is 17.1 Å². The van der Waals surface area contributed by atoms with Crippen LogP contribution in [0.5, 0.6) is 0 Å². The van der Waals surface area contributed by atoms with Crippen LogP contribution < -0.4 is 5.32 Å². The van der Waals surface area contributed by atoms with Crippen molar-refractivity contribution in [2.75, 3.05) is 5.32 Å². The zero-order chi connectivity index (χ0) is 13.5. The molecule has 0 bridgehead atoms. The van der Waals surface area contributed by atoms with E-state index in [9.17, 15) is 0 Å². The summed E-state index contributed by atoms with van der Waals surface area (Å²) in [7, 11) is 0. The normalized spacial score (nSPS) is 12.8. The van der Waals surface area contributed by atoms with Crippen LogP contribution in [-0.2, 0) is 6.42 Å². The second-order valence-corrected chi connectivity index (χ2v) is 5.14. The van der Waals surface area contributed by atoms with Crippen LogP contribution in [0.4, 0.5) is 5.82 Å². The van der Waals surface area contributed by atoms with Gasteiger partial charge in [-0.2, -0.15) is 0 Å². The number of hydrogen-bond donors (Lipinski definition) is 1. The molecule has 0 radical (unpaired) electrons. The Morgan fingerprint density at radius 1 is 1.22 bits per heavy atom. The minimum absolute atomic E-state index is 0.403. The smallest absolute Gasteiger partial charge is 0.134 e. The quantitative estimate of drug-likeness (QED) is 0.749. The van der Waals surface area contributed by atoms with Gasteiger partial charge in [0.2, 0.25) is 0 Å². The van der Waals surface area contributed by atoms with Gasteiger partial charge in [0.25, 0.3) is 0 Å². The van der Waals surface area contributed by atoms with Crippen molar-refractivity contribution in [1.29, 1.82) is 0 Å². The van der Waals surface area contributed by atoms with E-state index in [1.54, 1.807) is 6.07 Å². The maximum absolute atomic E-state index is 6.03. The summed E-state index contributed by atoms with van der Waals surface area (Å²) in [6.07, 6.45) is 4.24. The highest BCUT2D eigenvalue weighted by molar-refractivity contribution is 6.29. The Kier molecular flexibility index (Phi) is 6.41. The lowest BCUT2D eigenvalue weighted by molar-refractivity contribution is 0.437. The van der Waals surface area contributed by atoms with Crippen LogP contribution in [-0.4, -0.2) is 16.0 Å². The summed E-state index contributed by atoms with van der Waals surface area (Å²) < 4.78 is 0. The Hall–Kier alpha value is -0.830. The third-order valence-corrected chi connectivity index (χ3v) is 3.54.